The number of ketones is 1. The van der Waals surface area contributed by atoms with Crippen molar-refractivity contribution in [3.63, 3.8) is 0 Å². The van der Waals surface area contributed by atoms with Crippen molar-refractivity contribution in [2.24, 2.45) is 7.05 Å². The van der Waals surface area contributed by atoms with E-state index in [1.54, 1.807) is 29.9 Å². The predicted octanol–water partition coefficient (Wildman–Crippen LogP) is 2.20. The van der Waals surface area contributed by atoms with Gasteiger partial charge in [0.05, 0.1) is 30.3 Å². The quantitative estimate of drug-likeness (QED) is 0.492. The molecule has 6 heteroatoms. The fourth-order valence-electron chi connectivity index (χ4n) is 2.02. The number of nitrogens with zero attached hydrogens (tertiary/aromatic N) is 1. The Morgan fingerprint density at radius 2 is 1.95 bits per heavy atom. The van der Waals surface area contributed by atoms with E-state index in [0.717, 1.165) is 7.11 Å². The zero-order chi connectivity index (χ0) is 14.2. The van der Waals surface area contributed by atoms with E-state index in [1.165, 1.54) is 7.11 Å². The summed E-state index contributed by atoms with van der Waals surface area (Å²) in [5, 5.41) is 0.863. The molecule has 0 aliphatic carbocycles. The number of aromatic nitrogens is 1. The summed E-state index contributed by atoms with van der Waals surface area (Å²) in [6.45, 7) is 0. The fourth-order valence-corrected chi connectivity index (χ4v) is 2.27. The van der Waals surface area contributed by atoms with Gasteiger partial charge in [0, 0.05) is 18.6 Å². The Bertz CT molecular complexity index is 675. The normalized spacial score (nSPS) is 10.5. The number of esters is 1. The monoisotopic (exact) mass is 281 g/mol. The van der Waals surface area contributed by atoms with Crippen molar-refractivity contribution < 1.29 is 19.1 Å². The van der Waals surface area contributed by atoms with E-state index in [9.17, 15) is 9.59 Å². The minimum atomic E-state index is -0.925. The SMILES string of the molecule is COC(=O)C(=O)c1cn(C)c2c(OC)ccc(Cl)c12. The Balaban J connectivity index is 2.78. The van der Waals surface area contributed by atoms with Gasteiger partial charge in [0.15, 0.2) is 0 Å². The molecule has 2 aromatic rings. The fraction of sp³-hybridized carbons (Fsp3) is 0.231. The van der Waals surface area contributed by atoms with Crippen molar-refractivity contribution >= 4 is 34.3 Å². The summed E-state index contributed by atoms with van der Waals surface area (Å²) in [6.07, 6.45) is 1.54. The van der Waals surface area contributed by atoms with Gasteiger partial charge < -0.3 is 14.0 Å². The number of benzene rings is 1. The van der Waals surface area contributed by atoms with E-state index in [2.05, 4.69) is 4.74 Å². The van der Waals surface area contributed by atoms with Gasteiger partial charge in [-0.3, -0.25) is 4.79 Å². The van der Waals surface area contributed by atoms with Crippen LogP contribution in [0, 0.1) is 0 Å². The van der Waals surface area contributed by atoms with Crippen molar-refractivity contribution in [2.75, 3.05) is 14.2 Å². The molecule has 1 aromatic carbocycles. The summed E-state index contributed by atoms with van der Waals surface area (Å²) in [4.78, 5) is 23.3. The Morgan fingerprint density at radius 3 is 2.53 bits per heavy atom. The molecule has 0 aliphatic heterocycles. The first-order valence-electron chi connectivity index (χ1n) is 5.45. The lowest BCUT2D eigenvalue weighted by molar-refractivity contribution is -0.135. The van der Waals surface area contributed by atoms with Crippen LogP contribution in [0.3, 0.4) is 0 Å². The van der Waals surface area contributed by atoms with Gasteiger partial charge in [0.1, 0.15) is 5.75 Å². The lowest BCUT2D eigenvalue weighted by Gasteiger charge is -2.05. The summed E-state index contributed by atoms with van der Waals surface area (Å²) >= 11 is 6.12. The molecule has 2 rings (SSSR count). The molecule has 0 unspecified atom stereocenters. The summed E-state index contributed by atoms with van der Waals surface area (Å²) in [5.41, 5.74) is 0.857. The van der Waals surface area contributed by atoms with Crippen LogP contribution in [-0.4, -0.2) is 30.5 Å². The van der Waals surface area contributed by atoms with Crippen LogP contribution in [0.5, 0.6) is 5.75 Å². The smallest absolute Gasteiger partial charge is 0.379 e. The summed E-state index contributed by atoms with van der Waals surface area (Å²) < 4.78 is 11.4. The van der Waals surface area contributed by atoms with Crippen LogP contribution in [0.25, 0.3) is 10.9 Å². The number of carbonyl (C=O) groups excluding carboxylic acids is 2. The van der Waals surface area contributed by atoms with Crippen LogP contribution < -0.4 is 4.74 Å². The average Bonchev–Trinajstić information content (AvgIpc) is 2.77. The van der Waals surface area contributed by atoms with Crippen molar-refractivity contribution in [2.45, 2.75) is 0 Å². The number of rotatable bonds is 3. The second-order valence-electron chi connectivity index (χ2n) is 3.95. The van der Waals surface area contributed by atoms with Crippen LogP contribution in [0.15, 0.2) is 18.3 Å². The molecule has 1 aromatic heterocycles. The first-order chi connectivity index (χ1) is 9.01. The molecule has 19 heavy (non-hydrogen) atoms. The molecule has 0 fully saturated rings. The minimum Gasteiger partial charge on any atom is -0.495 e. The molecular weight excluding hydrogens is 270 g/mol. The topological polar surface area (TPSA) is 57.5 Å². The number of hydrogen-bond acceptors (Lipinski definition) is 4. The Morgan fingerprint density at radius 1 is 1.26 bits per heavy atom. The van der Waals surface area contributed by atoms with Crippen molar-refractivity contribution in [1.82, 2.24) is 4.57 Å². The molecule has 0 radical (unpaired) electrons. The molecule has 0 spiro atoms. The first-order valence-corrected chi connectivity index (χ1v) is 5.83. The molecular formula is C13H12ClNO4. The second-order valence-corrected chi connectivity index (χ2v) is 4.35. The van der Waals surface area contributed by atoms with Gasteiger partial charge in [0.25, 0.3) is 5.78 Å². The van der Waals surface area contributed by atoms with E-state index in [0.29, 0.717) is 21.7 Å². The average molecular weight is 282 g/mol. The zero-order valence-corrected chi connectivity index (χ0v) is 11.4. The van der Waals surface area contributed by atoms with Crippen molar-refractivity contribution in [1.29, 1.82) is 0 Å². The van der Waals surface area contributed by atoms with Crippen LogP contribution >= 0.6 is 11.6 Å². The molecule has 0 bridgehead atoms. The predicted molar refractivity (Wildman–Crippen MR) is 70.8 cm³/mol. The third-order valence-corrected chi connectivity index (χ3v) is 3.19. The largest absolute Gasteiger partial charge is 0.495 e. The number of Topliss-reactive ketones (excluding diaryl/α,β-unsaturated/α-hetero) is 1. The summed E-state index contributed by atoms with van der Waals surface area (Å²) in [7, 11) is 4.43. The zero-order valence-electron chi connectivity index (χ0n) is 10.7. The lowest BCUT2D eigenvalue weighted by Crippen LogP contribution is -2.15. The highest BCUT2D eigenvalue weighted by Gasteiger charge is 2.24. The molecule has 5 nitrogen and oxygen atoms in total. The van der Waals surface area contributed by atoms with Gasteiger partial charge >= 0.3 is 5.97 Å². The Kier molecular flexibility index (Phi) is 3.48. The number of halogens is 1. The molecule has 0 aliphatic rings. The van der Waals surface area contributed by atoms with Crippen molar-refractivity contribution in [3.8, 4) is 5.75 Å². The maximum absolute atomic E-state index is 12.0. The summed E-state index contributed by atoms with van der Waals surface area (Å²) in [6, 6.07) is 3.33. The molecule has 0 atom stereocenters. The van der Waals surface area contributed by atoms with E-state index in [1.807, 2.05) is 0 Å². The molecule has 1 heterocycles. The maximum atomic E-state index is 12.0. The van der Waals surface area contributed by atoms with E-state index in [-0.39, 0.29) is 5.56 Å². The first kappa shape index (κ1) is 13.4. The standard InChI is InChI=1S/C13H12ClNO4/c1-15-6-7(12(16)13(17)19-3)10-8(14)4-5-9(18-2)11(10)15/h4-6H,1-3H3. The van der Waals surface area contributed by atoms with Crippen LogP contribution in [0.1, 0.15) is 10.4 Å². The third kappa shape index (κ3) is 2.06. The summed E-state index contributed by atoms with van der Waals surface area (Å²) in [5.74, 6) is -1.08. The van der Waals surface area contributed by atoms with Gasteiger partial charge in [-0.15, -0.1) is 0 Å². The number of carbonyl (C=O) groups is 2. The van der Waals surface area contributed by atoms with Gasteiger partial charge in [-0.1, -0.05) is 11.6 Å². The number of fused-ring (bicyclic) bond motifs is 1. The molecule has 0 amide bonds. The highest BCUT2D eigenvalue weighted by molar-refractivity contribution is 6.45. The minimum absolute atomic E-state index is 0.202. The van der Waals surface area contributed by atoms with E-state index in [4.69, 9.17) is 16.3 Å². The Labute approximate surface area is 114 Å². The van der Waals surface area contributed by atoms with E-state index < -0.39 is 11.8 Å². The maximum Gasteiger partial charge on any atom is 0.379 e. The second kappa shape index (κ2) is 4.93. The molecule has 100 valence electrons. The molecule has 0 saturated carbocycles. The van der Waals surface area contributed by atoms with Gasteiger partial charge in [-0.2, -0.15) is 0 Å². The van der Waals surface area contributed by atoms with Crippen LogP contribution in [0.2, 0.25) is 5.02 Å². The van der Waals surface area contributed by atoms with Crippen molar-refractivity contribution in [3.05, 3.63) is 28.9 Å². The number of methoxy groups -OCH3 is 2. The molecule has 0 N–H and O–H groups in total. The third-order valence-electron chi connectivity index (χ3n) is 2.87. The number of aryl methyl sites for hydroxylation is 1. The van der Waals surface area contributed by atoms with Crippen LogP contribution in [0.4, 0.5) is 0 Å². The molecule has 0 saturated heterocycles. The van der Waals surface area contributed by atoms with Crippen LogP contribution in [-0.2, 0) is 16.6 Å². The van der Waals surface area contributed by atoms with Gasteiger partial charge in [-0.25, -0.2) is 4.79 Å². The highest BCUT2D eigenvalue weighted by Crippen LogP contribution is 2.35. The number of hydrogen-bond donors (Lipinski definition) is 0. The van der Waals surface area contributed by atoms with E-state index >= 15 is 0 Å². The van der Waals surface area contributed by atoms with Gasteiger partial charge in [0.2, 0.25) is 0 Å². The Hall–Kier alpha value is -2.01. The van der Waals surface area contributed by atoms with Gasteiger partial charge in [-0.05, 0) is 12.1 Å². The lowest BCUT2D eigenvalue weighted by atomic mass is 10.1. The highest BCUT2D eigenvalue weighted by atomic mass is 35.5. The number of ether oxygens (including phenoxy) is 2.